The van der Waals surface area contributed by atoms with E-state index in [0.717, 1.165) is 12.0 Å². The predicted molar refractivity (Wildman–Crippen MR) is 77.2 cm³/mol. The fourth-order valence-corrected chi connectivity index (χ4v) is 2.24. The summed E-state index contributed by atoms with van der Waals surface area (Å²) in [7, 11) is 0. The van der Waals surface area contributed by atoms with Crippen molar-refractivity contribution in [3.63, 3.8) is 0 Å². The third-order valence-corrected chi connectivity index (χ3v) is 3.14. The quantitative estimate of drug-likeness (QED) is 0.890. The molecule has 20 heavy (non-hydrogen) atoms. The molecule has 1 amide bonds. The Hall–Kier alpha value is -1.46. The highest BCUT2D eigenvalue weighted by Gasteiger charge is 2.16. The fraction of sp³-hybridized carbons (Fsp3) is 0.500. The van der Waals surface area contributed by atoms with Gasteiger partial charge in [0.2, 0.25) is 5.91 Å². The van der Waals surface area contributed by atoms with E-state index in [2.05, 4.69) is 5.32 Å². The molecule has 5 nitrogen and oxygen atoms in total. The molecule has 1 heterocycles. The Labute approximate surface area is 123 Å². The van der Waals surface area contributed by atoms with Crippen LogP contribution in [0.5, 0.6) is 11.5 Å². The first-order chi connectivity index (χ1) is 9.56. The second kappa shape index (κ2) is 6.81. The first-order valence-electron chi connectivity index (χ1n) is 6.66. The number of amides is 1. The number of ether oxygens (including phenoxy) is 2. The van der Waals surface area contributed by atoms with Gasteiger partial charge in [-0.15, -0.1) is 0 Å². The second-order valence-corrected chi connectivity index (χ2v) is 5.32. The molecule has 2 rings (SSSR count). The summed E-state index contributed by atoms with van der Waals surface area (Å²) in [6.07, 6.45) is 1.13. The van der Waals surface area contributed by atoms with E-state index < -0.39 is 0 Å². The van der Waals surface area contributed by atoms with Gasteiger partial charge in [0.05, 0.1) is 18.2 Å². The van der Waals surface area contributed by atoms with Crippen molar-refractivity contribution < 1.29 is 14.3 Å². The molecule has 0 saturated heterocycles. The minimum absolute atomic E-state index is 0.0803. The Morgan fingerprint density at radius 2 is 2.20 bits per heavy atom. The van der Waals surface area contributed by atoms with Crippen molar-refractivity contribution in [3.8, 4) is 11.5 Å². The summed E-state index contributed by atoms with van der Waals surface area (Å²) in [5.74, 6) is 1.13. The van der Waals surface area contributed by atoms with Gasteiger partial charge in [-0.2, -0.15) is 0 Å². The van der Waals surface area contributed by atoms with Crippen LogP contribution in [0.2, 0.25) is 5.02 Å². The lowest BCUT2D eigenvalue weighted by molar-refractivity contribution is -0.121. The Morgan fingerprint density at radius 1 is 1.45 bits per heavy atom. The SMILES string of the molecule is CC(N)CC(=O)NCc1cc(Cl)c2c(c1)OCCCO2. The van der Waals surface area contributed by atoms with E-state index >= 15 is 0 Å². The van der Waals surface area contributed by atoms with Crippen LogP contribution in [0.3, 0.4) is 0 Å². The molecule has 0 aliphatic carbocycles. The van der Waals surface area contributed by atoms with Crippen molar-refractivity contribution in [2.45, 2.75) is 32.4 Å². The van der Waals surface area contributed by atoms with E-state index in [1.54, 1.807) is 13.0 Å². The zero-order chi connectivity index (χ0) is 14.5. The maximum absolute atomic E-state index is 11.6. The van der Waals surface area contributed by atoms with Crippen LogP contribution in [0.25, 0.3) is 0 Å². The molecule has 110 valence electrons. The number of carbonyl (C=O) groups excluding carboxylic acids is 1. The highest BCUT2D eigenvalue weighted by atomic mass is 35.5. The number of hydrogen-bond donors (Lipinski definition) is 2. The lowest BCUT2D eigenvalue weighted by Gasteiger charge is -2.12. The molecule has 1 aliphatic rings. The lowest BCUT2D eigenvalue weighted by Crippen LogP contribution is -2.29. The van der Waals surface area contributed by atoms with Crippen molar-refractivity contribution in [1.82, 2.24) is 5.32 Å². The average Bonchev–Trinajstić information content (AvgIpc) is 2.61. The molecule has 1 atom stereocenters. The summed E-state index contributed by atoms with van der Waals surface area (Å²) in [5.41, 5.74) is 6.45. The van der Waals surface area contributed by atoms with E-state index in [1.807, 2.05) is 6.07 Å². The summed E-state index contributed by atoms with van der Waals surface area (Å²) >= 11 is 6.18. The number of benzene rings is 1. The van der Waals surface area contributed by atoms with Gasteiger partial charge in [-0.3, -0.25) is 4.79 Å². The number of nitrogens with two attached hydrogens (primary N) is 1. The topological polar surface area (TPSA) is 73.6 Å². The summed E-state index contributed by atoms with van der Waals surface area (Å²) in [6.45, 7) is 3.38. The van der Waals surface area contributed by atoms with Crippen LogP contribution < -0.4 is 20.5 Å². The van der Waals surface area contributed by atoms with Crippen molar-refractivity contribution in [1.29, 1.82) is 0 Å². The molecular formula is C14H19ClN2O3. The van der Waals surface area contributed by atoms with E-state index in [1.165, 1.54) is 0 Å². The minimum atomic E-state index is -0.151. The lowest BCUT2D eigenvalue weighted by atomic mass is 10.2. The van der Waals surface area contributed by atoms with Gasteiger partial charge in [0.15, 0.2) is 11.5 Å². The van der Waals surface area contributed by atoms with Gasteiger partial charge in [0.1, 0.15) is 0 Å². The smallest absolute Gasteiger partial charge is 0.221 e. The first kappa shape index (κ1) is 14.9. The molecular weight excluding hydrogens is 280 g/mol. The Bertz CT molecular complexity index is 492. The zero-order valence-electron chi connectivity index (χ0n) is 11.4. The molecule has 0 spiro atoms. The first-order valence-corrected chi connectivity index (χ1v) is 7.04. The number of halogens is 1. The molecule has 6 heteroatoms. The van der Waals surface area contributed by atoms with Crippen LogP contribution in [0, 0.1) is 0 Å². The fourth-order valence-electron chi connectivity index (χ4n) is 1.95. The zero-order valence-corrected chi connectivity index (χ0v) is 12.2. The normalized spacial score (nSPS) is 15.3. The van der Waals surface area contributed by atoms with Gasteiger partial charge in [0, 0.05) is 25.4 Å². The van der Waals surface area contributed by atoms with E-state index in [4.69, 9.17) is 26.8 Å². The highest BCUT2D eigenvalue weighted by Crippen LogP contribution is 2.37. The van der Waals surface area contributed by atoms with Crippen LogP contribution in [0.4, 0.5) is 0 Å². The Kier molecular flexibility index (Phi) is 5.09. The number of rotatable bonds is 4. The molecule has 3 N–H and O–H groups in total. The molecule has 0 saturated carbocycles. The summed E-state index contributed by atoms with van der Waals surface area (Å²) in [4.78, 5) is 11.6. The molecule has 1 unspecified atom stereocenters. The number of nitrogens with one attached hydrogen (secondary N) is 1. The highest BCUT2D eigenvalue weighted by molar-refractivity contribution is 6.32. The van der Waals surface area contributed by atoms with Gasteiger partial charge >= 0.3 is 0 Å². The van der Waals surface area contributed by atoms with Crippen molar-refractivity contribution in [2.75, 3.05) is 13.2 Å². The standard InChI is InChI=1S/C14H19ClN2O3/c1-9(16)5-13(18)17-8-10-6-11(15)14-12(7-10)19-3-2-4-20-14/h6-7,9H,2-5,8,16H2,1H3,(H,17,18). The summed E-state index contributed by atoms with van der Waals surface area (Å²) in [5, 5.41) is 3.31. The average molecular weight is 299 g/mol. The minimum Gasteiger partial charge on any atom is -0.489 e. The number of fused-ring (bicyclic) bond motifs is 1. The molecule has 1 aromatic carbocycles. The Balaban J connectivity index is 2.04. The van der Waals surface area contributed by atoms with Gasteiger partial charge in [-0.25, -0.2) is 0 Å². The van der Waals surface area contributed by atoms with Gasteiger partial charge in [-0.05, 0) is 24.6 Å². The van der Waals surface area contributed by atoms with Crippen molar-refractivity contribution >= 4 is 17.5 Å². The van der Waals surface area contributed by atoms with Crippen LogP contribution in [0.15, 0.2) is 12.1 Å². The summed E-state index contributed by atoms with van der Waals surface area (Å²) < 4.78 is 11.2. The van der Waals surface area contributed by atoms with E-state index in [9.17, 15) is 4.79 Å². The third kappa shape index (κ3) is 4.02. The van der Waals surface area contributed by atoms with Gasteiger partial charge in [0.25, 0.3) is 0 Å². The largest absolute Gasteiger partial charge is 0.489 e. The molecule has 0 bridgehead atoms. The maximum Gasteiger partial charge on any atom is 0.221 e. The van der Waals surface area contributed by atoms with Crippen molar-refractivity contribution in [3.05, 3.63) is 22.7 Å². The second-order valence-electron chi connectivity index (χ2n) is 4.91. The predicted octanol–water partition coefficient (Wildman–Crippen LogP) is 1.85. The Morgan fingerprint density at radius 3 is 2.95 bits per heavy atom. The molecule has 1 aromatic rings. The van der Waals surface area contributed by atoms with Gasteiger partial charge in [-0.1, -0.05) is 11.6 Å². The monoisotopic (exact) mass is 298 g/mol. The van der Waals surface area contributed by atoms with E-state index in [-0.39, 0.29) is 11.9 Å². The summed E-state index contributed by atoms with van der Waals surface area (Å²) in [6, 6.07) is 3.47. The maximum atomic E-state index is 11.6. The van der Waals surface area contributed by atoms with Crippen molar-refractivity contribution in [2.24, 2.45) is 5.73 Å². The molecule has 0 fully saturated rings. The third-order valence-electron chi connectivity index (χ3n) is 2.86. The van der Waals surface area contributed by atoms with Crippen LogP contribution in [-0.4, -0.2) is 25.2 Å². The number of hydrogen-bond acceptors (Lipinski definition) is 4. The molecule has 0 aromatic heterocycles. The molecule has 1 aliphatic heterocycles. The van der Waals surface area contributed by atoms with Crippen LogP contribution in [-0.2, 0) is 11.3 Å². The molecule has 0 radical (unpaired) electrons. The number of carbonyl (C=O) groups is 1. The van der Waals surface area contributed by atoms with Crippen LogP contribution >= 0.6 is 11.6 Å². The van der Waals surface area contributed by atoms with Gasteiger partial charge < -0.3 is 20.5 Å². The van der Waals surface area contributed by atoms with E-state index in [0.29, 0.717) is 42.7 Å². The van der Waals surface area contributed by atoms with Crippen LogP contribution in [0.1, 0.15) is 25.3 Å².